The lowest BCUT2D eigenvalue weighted by atomic mass is 9.80. The molecule has 8 heteroatoms. The highest BCUT2D eigenvalue weighted by Crippen LogP contribution is 2.40. The molecule has 186 valence electrons. The van der Waals surface area contributed by atoms with E-state index in [1.165, 1.54) is 6.20 Å². The largest absolute Gasteiger partial charge is 0.394 e. The normalized spacial score (nSPS) is 14.1. The summed E-state index contributed by atoms with van der Waals surface area (Å²) in [5, 5.41) is 39.0. The number of hydrogen-bond donors (Lipinski definition) is 6. The topological polar surface area (TPSA) is 131 Å². The number of nitrogens with zero attached hydrogens (tertiary/aromatic N) is 1. The number of aromatic nitrogens is 2. The Morgan fingerprint density at radius 3 is 1.78 bits per heavy atom. The number of aromatic amines is 1. The number of nitrogens with one attached hydrogen (secondary N) is 2. The smallest absolute Gasteiger partial charge is 0.171 e. The molecule has 3 aromatic carbocycles. The van der Waals surface area contributed by atoms with Gasteiger partial charge in [0, 0.05) is 0 Å². The fourth-order valence-electron chi connectivity index (χ4n) is 4.02. The molecule has 0 aliphatic rings. The lowest BCUT2D eigenvalue weighted by Gasteiger charge is -2.35. The van der Waals surface area contributed by atoms with Crippen molar-refractivity contribution in [1.82, 2.24) is 15.4 Å². The van der Waals surface area contributed by atoms with E-state index < -0.39 is 30.5 Å². The molecule has 0 saturated heterocycles. The van der Waals surface area contributed by atoms with Crippen molar-refractivity contribution in [2.24, 2.45) is 0 Å². The average molecular weight is 488 g/mol. The van der Waals surface area contributed by atoms with Crippen LogP contribution in [0.1, 0.15) is 34.3 Å². The van der Waals surface area contributed by atoms with E-state index in [9.17, 15) is 15.3 Å². The standard InChI is InChI=1S/C28H29N3O5/c1-19(27-29-17-23(30-27)25(34)26(35)24(33)18-32)31-36-28(20-11-5-2-6-12-20,21-13-7-3-8-14-21)22-15-9-4-10-16-22/h2-17,24-26,31-35H,1,18H2,(H,29,30)/t24-,25-,26-/m1/s1. The first-order chi connectivity index (χ1) is 17.5. The molecule has 1 heterocycles. The molecule has 0 amide bonds. The number of aliphatic hydroxyl groups is 4. The van der Waals surface area contributed by atoms with Crippen molar-refractivity contribution in [2.75, 3.05) is 6.61 Å². The third-order valence-corrected chi connectivity index (χ3v) is 5.97. The van der Waals surface area contributed by atoms with Gasteiger partial charge >= 0.3 is 0 Å². The van der Waals surface area contributed by atoms with Crippen LogP contribution in [0.2, 0.25) is 0 Å². The molecule has 0 radical (unpaired) electrons. The maximum absolute atomic E-state index is 10.3. The lowest BCUT2D eigenvalue weighted by molar-refractivity contribution is -0.0788. The molecule has 4 aromatic rings. The Morgan fingerprint density at radius 2 is 1.33 bits per heavy atom. The molecule has 0 unspecified atom stereocenters. The van der Waals surface area contributed by atoms with Gasteiger partial charge in [0.1, 0.15) is 18.3 Å². The fraction of sp³-hybridized carbons (Fsp3) is 0.179. The molecule has 0 fully saturated rings. The highest BCUT2D eigenvalue weighted by atomic mass is 16.7. The van der Waals surface area contributed by atoms with Crippen LogP contribution in [0.5, 0.6) is 0 Å². The van der Waals surface area contributed by atoms with E-state index in [0.717, 1.165) is 16.7 Å². The summed E-state index contributed by atoms with van der Waals surface area (Å²) in [6.07, 6.45) is -3.26. The van der Waals surface area contributed by atoms with Gasteiger partial charge in [0.05, 0.1) is 24.2 Å². The van der Waals surface area contributed by atoms with Crippen molar-refractivity contribution < 1.29 is 25.3 Å². The van der Waals surface area contributed by atoms with E-state index in [1.54, 1.807) is 0 Å². The summed E-state index contributed by atoms with van der Waals surface area (Å²) in [5.74, 6) is 0.262. The quantitative estimate of drug-likeness (QED) is 0.142. The van der Waals surface area contributed by atoms with Gasteiger partial charge in [0.25, 0.3) is 0 Å². The van der Waals surface area contributed by atoms with Gasteiger partial charge in [-0.05, 0) is 16.7 Å². The number of H-pyrrole nitrogens is 1. The molecule has 0 aliphatic heterocycles. The Balaban J connectivity index is 1.66. The van der Waals surface area contributed by atoms with Crippen LogP contribution in [-0.4, -0.2) is 49.2 Å². The van der Waals surface area contributed by atoms with Crippen LogP contribution in [0.15, 0.2) is 104 Å². The second-order valence-corrected chi connectivity index (χ2v) is 8.33. The van der Waals surface area contributed by atoms with Crippen LogP contribution < -0.4 is 5.48 Å². The van der Waals surface area contributed by atoms with Gasteiger partial charge in [-0.1, -0.05) is 97.6 Å². The molecule has 0 spiro atoms. The minimum Gasteiger partial charge on any atom is -0.394 e. The van der Waals surface area contributed by atoms with Crippen molar-refractivity contribution in [2.45, 2.75) is 23.9 Å². The van der Waals surface area contributed by atoms with Crippen molar-refractivity contribution >= 4 is 5.70 Å². The van der Waals surface area contributed by atoms with Crippen molar-refractivity contribution in [3.8, 4) is 0 Å². The molecule has 36 heavy (non-hydrogen) atoms. The Hall–Kier alpha value is -3.79. The summed E-state index contributed by atoms with van der Waals surface area (Å²) in [6, 6.07) is 29.4. The van der Waals surface area contributed by atoms with Crippen LogP contribution in [-0.2, 0) is 10.4 Å². The van der Waals surface area contributed by atoms with Crippen LogP contribution in [0.3, 0.4) is 0 Å². The average Bonchev–Trinajstić information content (AvgIpc) is 3.44. The van der Waals surface area contributed by atoms with Crippen molar-refractivity contribution in [1.29, 1.82) is 0 Å². The molecule has 0 bridgehead atoms. The maximum Gasteiger partial charge on any atom is 0.171 e. The number of benzene rings is 3. The van der Waals surface area contributed by atoms with E-state index in [0.29, 0.717) is 0 Å². The van der Waals surface area contributed by atoms with E-state index in [2.05, 4.69) is 22.0 Å². The molecule has 0 saturated carbocycles. The van der Waals surface area contributed by atoms with Crippen LogP contribution in [0.4, 0.5) is 0 Å². The molecule has 4 rings (SSSR count). The van der Waals surface area contributed by atoms with Gasteiger partial charge in [0.15, 0.2) is 11.4 Å². The molecule has 3 atom stereocenters. The summed E-state index contributed by atoms with van der Waals surface area (Å²) in [7, 11) is 0. The summed E-state index contributed by atoms with van der Waals surface area (Å²) >= 11 is 0. The van der Waals surface area contributed by atoms with Gasteiger partial charge in [-0.15, -0.1) is 0 Å². The highest BCUT2D eigenvalue weighted by Gasteiger charge is 2.39. The second-order valence-electron chi connectivity index (χ2n) is 8.33. The number of hydroxylamine groups is 1. The molecule has 8 nitrogen and oxygen atoms in total. The minimum atomic E-state index is -1.59. The summed E-state index contributed by atoms with van der Waals surface area (Å²) in [6.45, 7) is 3.32. The molecule has 0 aliphatic carbocycles. The van der Waals surface area contributed by atoms with E-state index >= 15 is 0 Å². The Bertz CT molecular complexity index is 1150. The number of aliphatic hydroxyl groups excluding tert-OH is 4. The molecule has 6 N–H and O–H groups in total. The third kappa shape index (κ3) is 5.08. The zero-order valence-corrected chi connectivity index (χ0v) is 19.5. The summed E-state index contributed by atoms with van der Waals surface area (Å²) < 4.78 is 0. The SMILES string of the molecule is C=C(NOC(c1ccccc1)(c1ccccc1)c1ccccc1)c1ncc([C@@H](O)[C@H](O)[C@H](O)CO)[nH]1. The van der Waals surface area contributed by atoms with Crippen molar-refractivity contribution in [3.05, 3.63) is 132 Å². The van der Waals surface area contributed by atoms with E-state index in [4.69, 9.17) is 9.94 Å². The van der Waals surface area contributed by atoms with Gasteiger partial charge in [-0.3, -0.25) is 10.3 Å². The number of imidazole rings is 1. The Labute approximate surface area is 209 Å². The minimum absolute atomic E-state index is 0.147. The fourth-order valence-corrected chi connectivity index (χ4v) is 4.02. The van der Waals surface area contributed by atoms with Crippen LogP contribution >= 0.6 is 0 Å². The van der Waals surface area contributed by atoms with E-state index in [1.807, 2.05) is 91.0 Å². The predicted molar refractivity (Wildman–Crippen MR) is 135 cm³/mol. The van der Waals surface area contributed by atoms with Gasteiger partial charge in [0.2, 0.25) is 0 Å². The molecular formula is C28H29N3O5. The van der Waals surface area contributed by atoms with Crippen LogP contribution in [0.25, 0.3) is 5.70 Å². The monoisotopic (exact) mass is 487 g/mol. The maximum atomic E-state index is 10.3. The zero-order valence-electron chi connectivity index (χ0n) is 19.5. The predicted octanol–water partition coefficient (Wildman–Crippen LogP) is 2.64. The number of rotatable bonds is 11. The van der Waals surface area contributed by atoms with Crippen LogP contribution in [0, 0.1) is 0 Å². The third-order valence-electron chi connectivity index (χ3n) is 5.97. The zero-order chi connectivity index (χ0) is 25.5. The molecular weight excluding hydrogens is 458 g/mol. The second kappa shape index (κ2) is 11.3. The van der Waals surface area contributed by atoms with Crippen molar-refractivity contribution in [3.63, 3.8) is 0 Å². The van der Waals surface area contributed by atoms with E-state index in [-0.39, 0.29) is 17.2 Å². The first-order valence-corrected chi connectivity index (χ1v) is 11.5. The molecule has 1 aromatic heterocycles. The number of hydrogen-bond acceptors (Lipinski definition) is 7. The highest BCUT2D eigenvalue weighted by molar-refractivity contribution is 5.55. The Kier molecular flexibility index (Phi) is 7.94. The van der Waals surface area contributed by atoms with Gasteiger partial charge in [-0.2, -0.15) is 0 Å². The van der Waals surface area contributed by atoms with Gasteiger partial charge in [-0.25, -0.2) is 4.98 Å². The summed E-state index contributed by atoms with van der Waals surface area (Å²) in [5.41, 5.74) is 4.98. The van der Waals surface area contributed by atoms with Gasteiger partial charge < -0.3 is 25.4 Å². The first kappa shape index (κ1) is 25.3. The lowest BCUT2D eigenvalue weighted by Crippen LogP contribution is -2.37. The summed E-state index contributed by atoms with van der Waals surface area (Å²) in [4.78, 5) is 13.6. The first-order valence-electron chi connectivity index (χ1n) is 11.5. The Morgan fingerprint density at radius 1 is 0.861 bits per heavy atom.